The maximum absolute atomic E-state index is 12.2. The normalized spacial score (nSPS) is 13.6. The van der Waals surface area contributed by atoms with Crippen molar-refractivity contribution in [1.82, 2.24) is 15.2 Å². The van der Waals surface area contributed by atoms with Crippen molar-refractivity contribution in [3.05, 3.63) is 59.4 Å². The van der Waals surface area contributed by atoms with Crippen molar-refractivity contribution in [1.29, 1.82) is 0 Å². The summed E-state index contributed by atoms with van der Waals surface area (Å²) in [4.78, 5) is 29.6. The lowest BCUT2D eigenvalue weighted by Crippen LogP contribution is -2.40. The summed E-state index contributed by atoms with van der Waals surface area (Å²) in [6, 6.07) is 8.91. The number of fused-ring (bicyclic) bond motifs is 1. The van der Waals surface area contributed by atoms with E-state index in [-0.39, 0.29) is 17.3 Å². The lowest BCUT2D eigenvalue weighted by atomic mass is 10.1. The molecule has 1 aliphatic heterocycles. The number of carbonyl (C=O) groups excluding carboxylic acids is 2. The molecule has 3 rings (SSSR count). The van der Waals surface area contributed by atoms with Crippen molar-refractivity contribution < 1.29 is 18.0 Å². The van der Waals surface area contributed by atoms with Crippen molar-refractivity contribution in [3.8, 4) is 0 Å². The number of carbonyl (C=O) groups is 2. The van der Waals surface area contributed by atoms with Gasteiger partial charge in [-0.15, -0.1) is 0 Å². The number of primary sulfonamides is 1. The third kappa shape index (κ3) is 3.67. The zero-order valence-electron chi connectivity index (χ0n) is 13.2. The number of sulfonamides is 1. The predicted molar refractivity (Wildman–Crippen MR) is 89.0 cm³/mol. The molecule has 0 saturated heterocycles. The van der Waals surface area contributed by atoms with Crippen LogP contribution in [0.5, 0.6) is 0 Å². The SMILES string of the molecule is NS(=O)(=O)c1ccc(CCNC(=O)N2Cc3ncccc3C2=O)cc1. The molecule has 2 heterocycles. The monoisotopic (exact) mass is 360 g/mol. The van der Waals surface area contributed by atoms with Crippen LogP contribution in [0.15, 0.2) is 47.5 Å². The Hall–Kier alpha value is -2.78. The Balaban J connectivity index is 1.55. The van der Waals surface area contributed by atoms with Gasteiger partial charge < -0.3 is 5.32 Å². The highest BCUT2D eigenvalue weighted by atomic mass is 32.2. The largest absolute Gasteiger partial charge is 0.337 e. The fraction of sp³-hybridized carbons (Fsp3) is 0.188. The Morgan fingerprint density at radius 3 is 2.60 bits per heavy atom. The Morgan fingerprint density at radius 1 is 1.24 bits per heavy atom. The summed E-state index contributed by atoms with van der Waals surface area (Å²) >= 11 is 0. The van der Waals surface area contributed by atoms with Gasteiger partial charge in [0.25, 0.3) is 5.91 Å². The molecule has 130 valence electrons. The first-order valence-electron chi connectivity index (χ1n) is 7.51. The fourth-order valence-corrected chi connectivity index (χ4v) is 3.06. The average molecular weight is 360 g/mol. The summed E-state index contributed by atoms with van der Waals surface area (Å²) in [5.74, 6) is -0.363. The molecule has 0 radical (unpaired) electrons. The lowest BCUT2D eigenvalue weighted by molar-refractivity contribution is 0.0821. The number of nitrogens with two attached hydrogens (primary N) is 1. The van der Waals surface area contributed by atoms with Crippen LogP contribution in [-0.2, 0) is 23.0 Å². The molecule has 1 aromatic carbocycles. The Bertz CT molecular complexity index is 925. The first-order valence-corrected chi connectivity index (χ1v) is 9.06. The summed E-state index contributed by atoms with van der Waals surface area (Å²) in [7, 11) is -3.72. The first-order chi connectivity index (χ1) is 11.9. The van der Waals surface area contributed by atoms with E-state index < -0.39 is 16.1 Å². The summed E-state index contributed by atoms with van der Waals surface area (Å²) < 4.78 is 22.4. The van der Waals surface area contributed by atoms with Gasteiger partial charge in [0, 0.05) is 12.7 Å². The van der Waals surface area contributed by atoms with E-state index in [2.05, 4.69) is 10.3 Å². The molecule has 0 atom stereocenters. The smallest absolute Gasteiger partial charge is 0.324 e. The predicted octanol–water partition coefficient (Wildman–Crippen LogP) is 0.637. The molecule has 3 N–H and O–H groups in total. The Morgan fingerprint density at radius 2 is 1.96 bits per heavy atom. The summed E-state index contributed by atoms with van der Waals surface area (Å²) in [6.07, 6.45) is 2.07. The van der Waals surface area contributed by atoms with E-state index in [1.54, 1.807) is 30.5 Å². The number of benzene rings is 1. The number of amides is 3. The highest BCUT2D eigenvalue weighted by Crippen LogP contribution is 2.20. The van der Waals surface area contributed by atoms with Crippen LogP contribution >= 0.6 is 0 Å². The number of nitrogens with zero attached hydrogens (tertiary/aromatic N) is 2. The molecule has 0 unspecified atom stereocenters. The molecule has 8 nitrogen and oxygen atoms in total. The van der Waals surface area contributed by atoms with Gasteiger partial charge in [0.1, 0.15) is 0 Å². The molecule has 1 aliphatic rings. The van der Waals surface area contributed by atoms with Crippen LogP contribution in [0.4, 0.5) is 4.79 Å². The summed E-state index contributed by atoms with van der Waals surface area (Å²) in [5.41, 5.74) is 1.86. The second-order valence-corrected chi connectivity index (χ2v) is 7.12. The van der Waals surface area contributed by atoms with Gasteiger partial charge in [-0.2, -0.15) is 0 Å². The lowest BCUT2D eigenvalue weighted by Gasteiger charge is -2.14. The van der Waals surface area contributed by atoms with Crippen LogP contribution in [0.2, 0.25) is 0 Å². The highest BCUT2D eigenvalue weighted by molar-refractivity contribution is 7.89. The van der Waals surface area contributed by atoms with Crippen LogP contribution in [-0.4, -0.2) is 36.8 Å². The van der Waals surface area contributed by atoms with Crippen molar-refractivity contribution in [2.24, 2.45) is 5.14 Å². The number of urea groups is 1. The molecule has 0 aliphatic carbocycles. The van der Waals surface area contributed by atoms with Gasteiger partial charge in [0.05, 0.1) is 22.7 Å². The molecule has 1 aromatic heterocycles. The van der Waals surface area contributed by atoms with E-state index in [4.69, 9.17) is 5.14 Å². The Kier molecular flexibility index (Phi) is 4.51. The van der Waals surface area contributed by atoms with Crippen LogP contribution in [0, 0.1) is 0 Å². The van der Waals surface area contributed by atoms with E-state index in [0.717, 1.165) is 10.5 Å². The fourth-order valence-electron chi connectivity index (χ4n) is 2.54. The second kappa shape index (κ2) is 6.61. The zero-order chi connectivity index (χ0) is 18.0. The van der Waals surface area contributed by atoms with Gasteiger partial charge in [-0.05, 0) is 36.2 Å². The number of pyridine rings is 1. The zero-order valence-corrected chi connectivity index (χ0v) is 14.0. The molecular formula is C16H16N4O4S. The highest BCUT2D eigenvalue weighted by Gasteiger charge is 2.32. The van der Waals surface area contributed by atoms with Gasteiger partial charge >= 0.3 is 6.03 Å². The minimum absolute atomic E-state index is 0.0354. The summed E-state index contributed by atoms with van der Waals surface area (Å²) in [5, 5.41) is 7.72. The van der Waals surface area contributed by atoms with E-state index in [0.29, 0.717) is 24.2 Å². The van der Waals surface area contributed by atoms with Gasteiger partial charge in [-0.1, -0.05) is 12.1 Å². The van der Waals surface area contributed by atoms with Gasteiger partial charge in [-0.25, -0.2) is 18.4 Å². The van der Waals surface area contributed by atoms with Crippen LogP contribution in [0.3, 0.4) is 0 Å². The summed E-state index contributed by atoms with van der Waals surface area (Å²) in [6.45, 7) is 0.463. The number of hydrogen-bond acceptors (Lipinski definition) is 5. The van der Waals surface area contributed by atoms with Crippen LogP contribution < -0.4 is 10.5 Å². The van der Waals surface area contributed by atoms with Crippen LogP contribution in [0.1, 0.15) is 21.6 Å². The molecule has 3 amide bonds. The standard InChI is InChI=1S/C16H16N4O4S/c17-25(23,24)12-5-3-11(4-6-12)7-9-19-16(22)20-10-14-13(15(20)21)2-1-8-18-14/h1-6,8H,7,9-10H2,(H,19,22)(H2,17,23,24). The number of rotatable bonds is 4. The van der Waals surface area contributed by atoms with Gasteiger partial charge in [-0.3, -0.25) is 14.7 Å². The molecule has 0 spiro atoms. The maximum Gasteiger partial charge on any atom is 0.324 e. The minimum Gasteiger partial charge on any atom is -0.337 e. The molecule has 9 heteroatoms. The van der Waals surface area contributed by atoms with Crippen molar-refractivity contribution in [3.63, 3.8) is 0 Å². The number of nitrogens with one attached hydrogen (secondary N) is 1. The average Bonchev–Trinajstić information content (AvgIpc) is 2.92. The van der Waals surface area contributed by atoms with Gasteiger partial charge in [0.2, 0.25) is 10.0 Å². The van der Waals surface area contributed by atoms with Crippen molar-refractivity contribution in [2.45, 2.75) is 17.9 Å². The molecule has 0 bridgehead atoms. The minimum atomic E-state index is -3.72. The second-order valence-electron chi connectivity index (χ2n) is 5.56. The number of aromatic nitrogens is 1. The Labute approximate surface area is 144 Å². The van der Waals surface area contributed by atoms with Crippen LogP contribution in [0.25, 0.3) is 0 Å². The third-order valence-electron chi connectivity index (χ3n) is 3.86. The quantitative estimate of drug-likeness (QED) is 0.828. The maximum atomic E-state index is 12.2. The number of hydrogen-bond donors (Lipinski definition) is 2. The van der Waals surface area contributed by atoms with E-state index in [9.17, 15) is 18.0 Å². The van der Waals surface area contributed by atoms with E-state index in [1.807, 2.05) is 0 Å². The molecule has 0 fully saturated rings. The molecule has 0 saturated carbocycles. The van der Waals surface area contributed by atoms with E-state index in [1.165, 1.54) is 12.1 Å². The van der Waals surface area contributed by atoms with E-state index >= 15 is 0 Å². The van der Waals surface area contributed by atoms with Crippen molar-refractivity contribution in [2.75, 3.05) is 6.54 Å². The topological polar surface area (TPSA) is 122 Å². The van der Waals surface area contributed by atoms with Crippen molar-refractivity contribution >= 4 is 22.0 Å². The first kappa shape index (κ1) is 17.1. The molecular weight excluding hydrogens is 344 g/mol. The molecule has 25 heavy (non-hydrogen) atoms. The number of imide groups is 1. The van der Waals surface area contributed by atoms with Gasteiger partial charge in [0.15, 0.2) is 0 Å². The molecule has 2 aromatic rings. The third-order valence-corrected chi connectivity index (χ3v) is 4.79.